The van der Waals surface area contributed by atoms with Crippen LogP contribution >= 0.6 is 11.8 Å². The molecule has 6 heteroatoms. The van der Waals surface area contributed by atoms with Crippen molar-refractivity contribution >= 4 is 11.8 Å². The number of rotatable bonds is 5. The van der Waals surface area contributed by atoms with Crippen LogP contribution in [-0.4, -0.2) is 59.1 Å². The van der Waals surface area contributed by atoms with E-state index in [-0.39, 0.29) is 5.60 Å². The van der Waals surface area contributed by atoms with E-state index in [1.807, 2.05) is 11.8 Å². The molecule has 0 atom stereocenters. The molecule has 3 heterocycles. The molecule has 150 valence electrons. The van der Waals surface area contributed by atoms with Gasteiger partial charge in [0.1, 0.15) is 5.03 Å². The Morgan fingerprint density at radius 1 is 1.18 bits per heavy atom. The van der Waals surface area contributed by atoms with Crippen LogP contribution in [0.3, 0.4) is 0 Å². The summed E-state index contributed by atoms with van der Waals surface area (Å²) < 4.78 is 11.5. The average Bonchev–Trinajstić information content (AvgIpc) is 2.67. The lowest BCUT2D eigenvalue weighted by Crippen LogP contribution is -2.37. The van der Waals surface area contributed by atoms with Crippen molar-refractivity contribution in [2.24, 2.45) is 0 Å². The summed E-state index contributed by atoms with van der Waals surface area (Å²) in [4.78, 5) is 12.4. The molecule has 28 heavy (non-hydrogen) atoms. The Balaban J connectivity index is 1.59. The first-order valence-corrected chi connectivity index (χ1v) is 11.0. The van der Waals surface area contributed by atoms with Gasteiger partial charge in [-0.15, -0.1) is 11.8 Å². The second kappa shape index (κ2) is 8.49. The molecule has 1 fully saturated rings. The first-order chi connectivity index (χ1) is 13.5. The first-order valence-electron chi connectivity index (χ1n) is 10.0. The van der Waals surface area contributed by atoms with Crippen molar-refractivity contribution in [2.75, 3.05) is 38.6 Å². The molecule has 5 nitrogen and oxygen atoms in total. The van der Waals surface area contributed by atoms with Crippen LogP contribution in [0.4, 0.5) is 0 Å². The van der Waals surface area contributed by atoms with E-state index >= 15 is 0 Å². The molecule has 1 aromatic carbocycles. The van der Waals surface area contributed by atoms with E-state index in [1.54, 1.807) is 0 Å². The Morgan fingerprint density at radius 2 is 2.00 bits per heavy atom. The highest BCUT2D eigenvalue weighted by molar-refractivity contribution is 7.99. The Hall–Kier alpha value is -1.47. The van der Waals surface area contributed by atoms with Gasteiger partial charge >= 0.3 is 0 Å². The molecule has 2 aromatic rings. The summed E-state index contributed by atoms with van der Waals surface area (Å²) >= 11 is 1.83. The summed E-state index contributed by atoms with van der Waals surface area (Å²) in [5, 5.41) is 1.07. The van der Waals surface area contributed by atoms with Crippen LogP contribution in [0, 0.1) is 6.92 Å². The second-order valence-electron chi connectivity index (χ2n) is 8.17. The zero-order chi connectivity index (χ0) is 19.6. The fraction of sp³-hybridized carbons (Fsp3) is 0.545. The van der Waals surface area contributed by atoms with Gasteiger partial charge in [-0.3, -0.25) is 4.90 Å². The predicted molar refractivity (Wildman–Crippen MR) is 113 cm³/mol. The number of fused-ring (bicyclic) bond motifs is 1. The average molecular weight is 400 g/mol. The molecule has 4 rings (SSSR count). The normalized spacial score (nSPS) is 19.4. The smallest absolute Gasteiger partial charge is 0.160 e. The van der Waals surface area contributed by atoms with Crippen molar-refractivity contribution in [1.29, 1.82) is 0 Å². The van der Waals surface area contributed by atoms with Crippen molar-refractivity contribution in [3.63, 3.8) is 0 Å². The summed E-state index contributed by atoms with van der Waals surface area (Å²) in [6.45, 7) is 11.8. The molecule has 0 radical (unpaired) electrons. The van der Waals surface area contributed by atoms with E-state index in [1.165, 1.54) is 11.1 Å². The number of aryl methyl sites for hydroxylation is 1. The molecule has 0 N–H and O–H groups in total. The highest BCUT2D eigenvalue weighted by atomic mass is 32.2. The van der Waals surface area contributed by atoms with Gasteiger partial charge in [0.25, 0.3) is 0 Å². The number of thioether (sulfide) groups is 1. The van der Waals surface area contributed by atoms with Gasteiger partial charge in [0.2, 0.25) is 0 Å². The second-order valence-corrected chi connectivity index (χ2v) is 9.26. The van der Waals surface area contributed by atoms with Gasteiger partial charge in [-0.1, -0.05) is 23.8 Å². The van der Waals surface area contributed by atoms with E-state index in [9.17, 15) is 0 Å². The predicted octanol–water partition coefficient (Wildman–Crippen LogP) is 3.73. The van der Waals surface area contributed by atoms with Gasteiger partial charge in [0.15, 0.2) is 5.82 Å². The molecule has 0 saturated carbocycles. The number of hydrogen-bond acceptors (Lipinski definition) is 6. The molecular formula is C22H29N3O2S. The minimum absolute atomic E-state index is 0.180. The first kappa shape index (κ1) is 19.8. The Kier molecular flexibility index (Phi) is 6.01. The Bertz CT molecular complexity index is 835. The van der Waals surface area contributed by atoms with Crippen molar-refractivity contribution in [3.8, 4) is 11.4 Å². The minimum atomic E-state index is -0.180. The molecule has 0 aliphatic carbocycles. The van der Waals surface area contributed by atoms with Crippen LogP contribution in [0.2, 0.25) is 0 Å². The molecular weight excluding hydrogens is 370 g/mol. The van der Waals surface area contributed by atoms with Crippen molar-refractivity contribution in [3.05, 3.63) is 41.1 Å². The lowest BCUT2D eigenvalue weighted by atomic mass is 9.96. The van der Waals surface area contributed by atoms with Gasteiger partial charge in [0, 0.05) is 42.9 Å². The van der Waals surface area contributed by atoms with E-state index in [0.29, 0.717) is 6.61 Å². The summed E-state index contributed by atoms with van der Waals surface area (Å²) in [6.07, 6.45) is 0.820. The van der Waals surface area contributed by atoms with Crippen LogP contribution in [-0.2, 0) is 22.5 Å². The SMILES string of the molecule is Cc1cccc(-c2nc3c(c(SCCN4CCOCC4)n2)COC(C)(C)C3)c1. The van der Waals surface area contributed by atoms with Crippen molar-refractivity contribution < 1.29 is 9.47 Å². The highest BCUT2D eigenvalue weighted by Crippen LogP contribution is 2.34. The summed E-state index contributed by atoms with van der Waals surface area (Å²) in [7, 11) is 0. The number of aromatic nitrogens is 2. The third-order valence-corrected chi connectivity index (χ3v) is 6.28. The Morgan fingerprint density at radius 3 is 2.79 bits per heavy atom. The molecule has 0 amide bonds. The van der Waals surface area contributed by atoms with Crippen LogP contribution in [0.25, 0.3) is 11.4 Å². The standard InChI is InChI=1S/C22H29N3O2S/c1-16-5-4-6-17(13-16)20-23-19-14-22(2,3)27-15-18(19)21(24-20)28-12-9-25-7-10-26-11-8-25/h4-6,13H,7-12,14-15H2,1-3H3. The molecule has 2 aliphatic rings. The summed E-state index contributed by atoms with van der Waals surface area (Å²) in [5.41, 5.74) is 4.44. The molecule has 1 saturated heterocycles. The van der Waals surface area contributed by atoms with Gasteiger partial charge in [-0.2, -0.15) is 0 Å². The molecule has 2 aliphatic heterocycles. The lowest BCUT2D eigenvalue weighted by Gasteiger charge is -2.32. The highest BCUT2D eigenvalue weighted by Gasteiger charge is 2.30. The lowest BCUT2D eigenvalue weighted by molar-refractivity contribution is -0.0428. The number of morpholine rings is 1. The number of benzene rings is 1. The fourth-order valence-corrected chi connectivity index (χ4v) is 4.69. The van der Waals surface area contributed by atoms with E-state index in [4.69, 9.17) is 19.4 Å². The number of nitrogens with zero attached hydrogens (tertiary/aromatic N) is 3. The summed E-state index contributed by atoms with van der Waals surface area (Å²) in [5.74, 6) is 1.84. The third-order valence-electron chi connectivity index (χ3n) is 5.28. The third kappa shape index (κ3) is 4.74. The van der Waals surface area contributed by atoms with Crippen LogP contribution in [0.1, 0.15) is 30.7 Å². The maximum absolute atomic E-state index is 6.07. The fourth-order valence-electron chi connectivity index (χ4n) is 3.65. The van der Waals surface area contributed by atoms with Crippen molar-refractivity contribution in [1.82, 2.24) is 14.9 Å². The topological polar surface area (TPSA) is 47.5 Å². The molecule has 0 spiro atoms. The zero-order valence-corrected chi connectivity index (χ0v) is 17.8. The Labute approximate surface area is 171 Å². The van der Waals surface area contributed by atoms with E-state index < -0.39 is 0 Å². The maximum Gasteiger partial charge on any atom is 0.160 e. The molecule has 1 aromatic heterocycles. The number of hydrogen-bond donors (Lipinski definition) is 0. The van der Waals surface area contributed by atoms with E-state index in [0.717, 1.165) is 67.1 Å². The monoisotopic (exact) mass is 399 g/mol. The van der Waals surface area contributed by atoms with E-state index in [2.05, 4.69) is 49.9 Å². The number of ether oxygens (including phenoxy) is 2. The zero-order valence-electron chi connectivity index (χ0n) is 17.0. The van der Waals surface area contributed by atoms with Crippen LogP contribution in [0.5, 0.6) is 0 Å². The van der Waals surface area contributed by atoms with Gasteiger partial charge in [0.05, 0.1) is 31.1 Å². The molecule has 0 unspecified atom stereocenters. The van der Waals surface area contributed by atoms with Crippen LogP contribution in [0.15, 0.2) is 29.3 Å². The van der Waals surface area contributed by atoms with Gasteiger partial charge in [-0.25, -0.2) is 9.97 Å². The largest absolute Gasteiger partial charge is 0.379 e. The van der Waals surface area contributed by atoms with Crippen LogP contribution < -0.4 is 0 Å². The molecule has 0 bridgehead atoms. The quantitative estimate of drug-likeness (QED) is 0.564. The van der Waals surface area contributed by atoms with Crippen molar-refractivity contribution in [2.45, 2.75) is 44.4 Å². The minimum Gasteiger partial charge on any atom is -0.379 e. The maximum atomic E-state index is 6.07. The van der Waals surface area contributed by atoms with Gasteiger partial charge in [-0.05, 0) is 26.8 Å². The van der Waals surface area contributed by atoms with Gasteiger partial charge < -0.3 is 9.47 Å². The summed E-state index contributed by atoms with van der Waals surface area (Å²) in [6, 6.07) is 8.44.